The number of anilines is 1. The summed E-state index contributed by atoms with van der Waals surface area (Å²) in [7, 11) is 0. The molecule has 0 fully saturated rings. The number of hydrogen-bond acceptors (Lipinski definition) is 4. The molecule has 1 unspecified atom stereocenters. The third-order valence-corrected chi connectivity index (χ3v) is 4.37. The molecule has 0 saturated heterocycles. The number of imide groups is 1. The zero-order valence-electron chi connectivity index (χ0n) is 11.3. The number of nitrogens with two attached hydrogens (primary N) is 1. The first-order valence-corrected chi connectivity index (χ1v) is 7.27. The molecule has 3 rings (SSSR count). The topological polar surface area (TPSA) is 80.5 Å². The van der Waals surface area contributed by atoms with Gasteiger partial charge in [0.1, 0.15) is 5.92 Å². The van der Waals surface area contributed by atoms with Gasteiger partial charge in [-0.3, -0.25) is 9.59 Å². The first-order chi connectivity index (χ1) is 10.0. The Balaban J connectivity index is 0.00000176. The second-order valence-corrected chi connectivity index (χ2v) is 5.87. The normalized spacial score (nSPS) is 16.1. The number of urea groups is 1. The molecule has 1 aliphatic rings. The van der Waals surface area contributed by atoms with Gasteiger partial charge >= 0.3 is 43.8 Å². The molecule has 5 nitrogen and oxygen atoms in total. The molecule has 0 spiro atoms. The number of Topliss-reactive ketones (excluding diaryl/α,β-unsaturated/α-hetero) is 1. The Kier molecular flexibility index (Phi) is 5.29. The summed E-state index contributed by atoms with van der Waals surface area (Å²) in [5, 5.41) is 2.13. The fourth-order valence-corrected chi connectivity index (χ4v) is 3.26. The van der Waals surface area contributed by atoms with Gasteiger partial charge in [0, 0.05) is 5.02 Å². The van der Waals surface area contributed by atoms with Crippen molar-refractivity contribution >= 4 is 84.1 Å². The molecule has 1 atom stereocenters. The summed E-state index contributed by atoms with van der Waals surface area (Å²) in [6.07, 6.45) is 0. The molecule has 1 aromatic carbocycles. The zero-order valence-corrected chi connectivity index (χ0v) is 15.1. The van der Waals surface area contributed by atoms with Crippen LogP contribution in [0.2, 0.25) is 5.02 Å². The third-order valence-electron chi connectivity index (χ3n) is 3.26. The zero-order chi connectivity index (χ0) is 15.1. The van der Waals surface area contributed by atoms with Crippen molar-refractivity contribution in [3.05, 3.63) is 51.2 Å². The van der Waals surface area contributed by atoms with Crippen molar-refractivity contribution in [2.75, 3.05) is 4.90 Å². The van der Waals surface area contributed by atoms with Gasteiger partial charge < -0.3 is 5.73 Å². The average Bonchev–Trinajstić information content (AvgIpc) is 3.03. The summed E-state index contributed by atoms with van der Waals surface area (Å²) in [6, 6.07) is 7.03. The van der Waals surface area contributed by atoms with E-state index in [0.29, 0.717) is 21.2 Å². The van der Waals surface area contributed by atoms with Crippen LogP contribution in [-0.4, -0.2) is 55.5 Å². The maximum Gasteiger partial charge on any atom is 2.00 e. The largest absolute Gasteiger partial charge is 2.00 e. The summed E-state index contributed by atoms with van der Waals surface area (Å²) in [6.45, 7) is 0. The maximum atomic E-state index is 12.5. The van der Waals surface area contributed by atoms with Crippen molar-refractivity contribution < 1.29 is 14.4 Å². The minimum Gasteiger partial charge on any atom is -0.351 e. The van der Waals surface area contributed by atoms with Crippen LogP contribution in [0.5, 0.6) is 0 Å². The number of carbonyl (C=O) groups is 3. The van der Waals surface area contributed by atoms with Gasteiger partial charge in [0.05, 0.1) is 10.6 Å². The van der Waals surface area contributed by atoms with E-state index in [9.17, 15) is 14.4 Å². The van der Waals surface area contributed by atoms with Crippen molar-refractivity contribution in [1.29, 1.82) is 0 Å². The summed E-state index contributed by atoms with van der Waals surface area (Å²) >= 11 is 7.18. The van der Waals surface area contributed by atoms with Gasteiger partial charge in [-0.25, -0.2) is 9.69 Å². The van der Waals surface area contributed by atoms with Crippen LogP contribution in [0.4, 0.5) is 10.5 Å². The molecular formula is C14H9CaClN2O3S+2. The number of halogens is 1. The molecule has 1 aromatic heterocycles. The van der Waals surface area contributed by atoms with E-state index in [1.165, 1.54) is 23.5 Å². The molecule has 106 valence electrons. The van der Waals surface area contributed by atoms with Crippen LogP contribution in [0.1, 0.15) is 21.2 Å². The summed E-state index contributed by atoms with van der Waals surface area (Å²) < 4.78 is 0. The number of nitrogens with zero attached hydrogens (tertiary/aromatic N) is 1. The van der Waals surface area contributed by atoms with Crippen LogP contribution in [0, 0.1) is 0 Å². The van der Waals surface area contributed by atoms with Gasteiger partial charge in [0.15, 0.2) is 5.78 Å². The van der Waals surface area contributed by atoms with Gasteiger partial charge in [0.2, 0.25) is 0 Å². The van der Waals surface area contributed by atoms with Crippen LogP contribution in [0.25, 0.3) is 0 Å². The molecule has 0 saturated carbocycles. The second kappa shape index (κ2) is 6.68. The van der Waals surface area contributed by atoms with E-state index < -0.39 is 17.9 Å². The summed E-state index contributed by atoms with van der Waals surface area (Å²) in [4.78, 5) is 37.7. The Morgan fingerprint density at radius 3 is 2.59 bits per heavy atom. The van der Waals surface area contributed by atoms with E-state index in [0.717, 1.165) is 4.90 Å². The Labute approximate surface area is 165 Å². The molecule has 2 aromatic rings. The van der Waals surface area contributed by atoms with Crippen LogP contribution >= 0.6 is 22.9 Å². The van der Waals surface area contributed by atoms with Crippen molar-refractivity contribution in [2.45, 2.75) is 5.92 Å². The van der Waals surface area contributed by atoms with E-state index in [4.69, 9.17) is 17.3 Å². The van der Waals surface area contributed by atoms with E-state index in [2.05, 4.69) is 0 Å². The predicted molar refractivity (Wildman–Crippen MR) is 85.7 cm³/mol. The molecule has 8 heteroatoms. The standard InChI is InChI=1S/C14H9ClN2O3S.Ca/c15-7-3-4-9-8(6-7)11(13(19)17(9)14(16)20)12(18)10-2-1-5-21-10;/h1-6,11H,(H2,16,20);/q;+2. The van der Waals surface area contributed by atoms with Gasteiger partial charge in [-0.1, -0.05) is 17.7 Å². The monoisotopic (exact) mass is 360 g/mol. The molecule has 1 aliphatic heterocycles. The van der Waals surface area contributed by atoms with Crippen LogP contribution < -0.4 is 10.6 Å². The van der Waals surface area contributed by atoms with E-state index >= 15 is 0 Å². The number of hydrogen-bond donors (Lipinski definition) is 1. The number of rotatable bonds is 2. The van der Waals surface area contributed by atoms with Crippen LogP contribution in [0.15, 0.2) is 35.7 Å². The van der Waals surface area contributed by atoms with E-state index in [1.54, 1.807) is 23.6 Å². The summed E-state index contributed by atoms with van der Waals surface area (Å²) in [5.41, 5.74) is 5.97. The van der Waals surface area contributed by atoms with Gasteiger partial charge in [-0.05, 0) is 35.2 Å². The van der Waals surface area contributed by atoms with E-state index in [1.807, 2.05) is 0 Å². The Morgan fingerprint density at radius 1 is 1.27 bits per heavy atom. The molecule has 0 radical (unpaired) electrons. The van der Waals surface area contributed by atoms with Crippen molar-refractivity contribution in [1.82, 2.24) is 0 Å². The number of ketones is 1. The van der Waals surface area contributed by atoms with Crippen LogP contribution in [0.3, 0.4) is 0 Å². The smallest absolute Gasteiger partial charge is 0.351 e. The Morgan fingerprint density at radius 2 is 2.00 bits per heavy atom. The number of amides is 3. The first-order valence-electron chi connectivity index (χ1n) is 6.01. The number of benzene rings is 1. The molecular weight excluding hydrogens is 352 g/mol. The van der Waals surface area contributed by atoms with Crippen molar-refractivity contribution in [3.8, 4) is 0 Å². The molecule has 2 N–H and O–H groups in total. The maximum absolute atomic E-state index is 12.5. The van der Waals surface area contributed by atoms with Gasteiger partial charge in [0.25, 0.3) is 5.91 Å². The molecule has 0 bridgehead atoms. The number of primary amides is 1. The fraction of sp³-hybridized carbons (Fsp3) is 0.0714. The molecule has 3 amide bonds. The van der Waals surface area contributed by atoms with Gasteiger partial charge in [-0.15, -0.1) is 11.3 Å². The number of carbonyl (C=O) groups excluding carboxylic acids is 3. The molecule has 0 aliphatic carbocycles. The fourth-order valence-electron chi connectivity index (χ4n) is 2.38. The van der Waals surface area contributed by atoms with Crippen molar-refractivity contribution in [3.63, 3.8) is 0 Å². The van der Waals surface area contributed by atoms with E-state index in [-0.39, 0.29) is 43.5 Å². The minimum atomic E-state index is -1.08. The second-order valence-electron chi connectivity index (χ2n) is 4.49. The summed E-state index contributed by atoms with van der Waals surface area (Å²) in [5.74, 6) is -2.08. The van der Waals surface area contributed by atoms with Crippen molar-refractivity contribution in [2.24, 2.45) is 5.73 Å². The SMILES string of the molecule is NC(=O)N1C(=O)C(C(=O)c2cccs2)c2cc(Cl)ccc21.[Ca+2]. The average molecular weight is 361 g/mol. The van der Waals surface area contributed by atoms with Crippen LogP contribution in [-0.2, 0) is 4.79 Å². The Bertz CT molecular complexity index is 763. The quantitative estimate of drug-likeness (QED) is 0.507. The third kappa shape index (κ3) is 2.81. The number of thiophene rings is 1. The molecule has 2 heterocycles. The molecule has 22 heavy (non-hydrogen) atoms. The number of fused-ring (bicyclic) bond motifs is 1. The van der Waals surface area contributed by atoms with Gasteiger partial charge in [-0.2, -0.15) is 0 Å². The minimum absolute atomic E-state index is 0. The Hall–Kier alpha value is -0.920. The predicted octanol–water partition coefficient (Wildman–Crippen LogP) is 2.41. The first kappa shape index (κ1) is 17.4.